The van der Waals surface area contributed by atoms with Gasteiger partial charge < -0.3 is 14.3 Å². The third-order valence-corrected chi connectivity index (χ3v) is 8.56. The maximum atomic E-state index is 9.30. The number of methoxy groups -OCH3 is 1. The van der Waals surface area contributed by atoms with E-state index in [1.165, 1.54) is 0 Å². The highest BCUT2D eigenvalue weighted by molar-refractivity contribution is 6.74. The van der Waals surface area contributed by atoms with Gasteiger partial charge in [0.25, 0.3) is 0 Å². The van der Waals surface area contributed by atoms with E-state index in [4.69, 9.17) is 9.16 Å². The number of aliphatic hydroxyl groups excluding tert-OH is 1. The molecule has 1 N–H and O–H groups in total. The van der Waals surface area contributed by atoms with Crippen LogP contribution in [0.5, 0.6) is 0 Å². The van der Waals surface area contributed by atoms with E-state index in [9.17, 15) is 5.11 Å². The minimum Gasteiger partial charge on any atom is -0.505 e. The molecule has 0 radical (unpaired) electrons. The quantitative estimate of drug-likeness (QED) is 0.609. The lowest BCUT2D eigenvalue weighted by Gasteiger charge is -2.39. The van der Waals surface area contributed by atoms with Crippen molar-refractivity contribution >= 4 is 8.32 Å². The van der Waals surface area contributed by atoms with E-state index < -0.39 is 8.32 Å². The zero-order chi connectivity index (χ0) is 13.3. The molecule has 1 rings (SSSR count). The summed E-state index contributed by atoms with van der Waals surface area (Å²) in [7, 11) is -0.172. The first kappa shape index (κ1) is 14.7. The van der Waals surface area contributed by atoms with Gasteiger partial charge >= 0.3 is 0 Å². The monoisotopic (exact) mass is 258 g/mol. The van der Waals surface area contributed by atoms with Gasteiger partial charge in [0.15, 0.2) is 8.32 Å². The number of aliphatic hydroxyl groups is 1. The second-order valence-electron chi connectivity index (χ2n) is 6.44. The summed E-state index contributed by atoms with van der Waals surface area (Å²) in [6, 6.07) is 0. The Kier molecular flexibility index (Phi) is 4.11. The second-order valence-corrected chi connectivity index (χ2v) is 11.2. The molecule has 0 aliphatic heterocycles. The Morgan fingerprint density at radius 3 is 2.35 bits per heavy atom. The summed E-state index contributed by atoms with van der Waals surface area (Å²) in [6.45, 7) is 11.3. The van der Waals surface area contributed by atoms with Crippen LogP contribution in [0.2, 0.25) is 18.1 Å². The summed E-state index contributed by atoms with van der Waals surface area (Å²) < 4.78 is 11.4. The summed E-state index contributed by atoms with van der Waals surface area (Å²) in [4.78, 5) is 0. The lowest BCUT2D eigenvalue weighted by molar-refractivity contribution is 0.157. The van der Waals surface area contributed by atoms with E-state index >= 15 is 0 Å². The smallest absolute Gasteiger partial charge is 0.193 e. The molecule has 0 aromatic rings. The van der Waals surface area contributed by atoms with Crippen LogP contribution in [0.4, 0.5) is 0 Å². The van der Waals surface area contributed by atoms with E-state index in [0.29, 0.717) is 0 Å². The maximum absolute atomic E-state index is 9.30. The average molecular weight is 258 g/mol. The highest BCUT2D eigenvalue weighted by atomic mass is 28.4. The number of hydrogen-bond acceptors (Lipinski definition) is 3. The molecule has 1 aliphatic rings. The fraction of sp³-hybridized carbons (Fsp3) is 0.846. The first-order chi connectivity index (χ1) is 7.68. The van der Waals surface area contributed by atoms with Gasteiger partial charge in [-0.05, 0) is 30.6 Å². The molecule has 0 bridgehead atoms. The van der Waals surface area contributed by atoms with Crippen LogP contribution < -0.4 is 0 Å². The van der Waals surface area contributed by atoms with Crippen molar-refractivity contribution in [2.45, 2.75) is 50.9 Å². The fourth-order valence-corrected chi connectivity index (χ4v) is 3.29. The Morgan fingerprint density at radius 1 is 1.41 bits per heavy atom. The lowest BCUT2D eigenvalue weighted by atomic mass is 10.2. The Hall–Kier alpha value is -0.323. The first-order valence-electron chi connectivity index (χ1n) is 6.20. The summed E-state index contributed by atoms with van der Waals surface area (Å²) in [5, 5.41) is 9.49. The Bertz CT molecular complexity index is 294. The molecule has 1 fully saturated rings. The average Bonchev–Trinajstić information content (AvgIpc) is 2.86. The molecule has 4 heteroatoms. The molecule has 100 valence electrons. The predicted molar refractivity (Wildman–Crippen MR) is 72.4 cm³/mol. The van der Waals surface area contributed by atoms with Crippen LogP contribution >= 0.6 is 0 Å². The van der Waals surface area contributed by atoms with Crippen LogP contribution in [0.25, 0.3) is 0 Å². The zero-order valence-electron chi connectivity index (χ0n) is 11.9. The van der Waals surface area contributed by atoms with Crippen molar-refractivity contribution < 1.29 is 14.3 Å². The summed E-state index contributed by atoms with van der Waals surface area (Å²) in [5.41, 5.74) is -0.284. The fourth-order valence-electron chi connectivity index (χ4n) is 1.72. The Labute approximate surface area is 106 Å². The molecule has 2 atom stereocenters. The minimum atomic E-state index is -1.80. The molecule has 1 saturated carbocycles. The summed E-state index contributed by atoms with van der Waals surface area (Å²) >= 11 is 0. The summed E-state index contributed by atoms with van der Waals surface area (Å²) in [5.74, 6) is 0.225. The first-order valence-corrected chi connectivity index (χ1v) is 9.11. The van der Waals surface area contributed by atoms with Gasteiger partial charge in [0, 0.05) is 12.5 Å². The van der Waals surface area contributed by atoms with Gasteiger partial charge in [0.2, 0.25) is 0 Å². The molecule has 0 spiro atoms. The van der Waals surface area contributed by atoms with E-state index in [1.807, 2.05) is 6.08 Å². The Balaban J connectivity index is 2.80. The molecule has 0 amide bonds. The molecule has 3 nitrogen and oxygen atoms in total. The Morgan fingerprint density at radius 2 is 2.00 bits per heavy atom. The normalized spacial score (nSPS) is 29.7. The maximum Gasteiger partial charge on any atom is 0.193 e. The van der Waals surface area contributed by atoms with Gasteiger partial charge in [-0.2, -0.15) is 0 Å². The van der Waals surface area contributed by atoms with Gasteiger partial charge in [-0.1, -0.05) is 20.8 Å². The van der Waals surface area contributed by atoms with Crippen LogP contribution in [0, 0.1) is 5.92 Å². The van der Waals surface area contributed by atoms with Crippen molar-refractivity contribution in [3.63, 3.8) is 0 Å². The van der Waals surface area contributed by atoms with E-state index in [-0.39, 0.29) is 23.2 Å². The molecule has 0 aromatic carbocycles. The zero-order valence-corrected chi connectivity index (χ0v) is 12.9. The van der Waals surface area contributed by atoms with Gasteiger partial charge in [0.1, 0.15) is 0 Å². The van der Waals surface area contributed by atoms with E-state index in [1.54, 1.807) is 13.4 Å². The van der Waals surface area contributed by atoms with Gasteiger partial charge in [0.05, 0.1) is 19.0 Å². The van der Waals surface area contributed by atoms with Gasteiger partial charge in [-0.3, -0.25) is 0 Å². The van der Waals surface area contributed by atoms with Crippen LogP contribution in [0.3, 0.4) is 0 Å². The molecular weight excluding hydrogens is 232 g/mol. The molecule has 0 heterocycles. The third kappa shape index (κ3) is 3.12. The van der Waals surface area contributed by atoms with Crippen molar-refractivity contribution in [3.8, 4) is 0 Å². The van der Waals surface area contributed by atoms with E-state index in [0.717, 1.165) is 6.42 Å². The predicted octanol–water partition coefficient (Wildman–Crippen LogP) is 2.92. The second kappa shape index (κ2) is 4.75. The van der Waals surface area contributed by atoms with Crippen LogP contribution in [0.1, 0.15) is 27.2 Å². The molecule has 17 heavy (non-hydrogen) atoms. The van der Waals surface area contributed by atoms with Crippen LogP contribution in [0.15, 0.2) is 12.3 Å². The lowest BCUT2D eigenvalue weighted by Crippen LogP contribution is -2.45. The topological polar surface area (TPSA) is 38.7 Å². The third-order valence-electron chi connectivity index (χ3n) is 4.05. The van der Waals surface area contributed by atoms with Gasteiger partial charge in [-0.25, -0.2) is 0 Å². The van der Waals surface area contributed by atoms with Crippen molar-refractivity contribution in [3.05, 3.63) is 12.3 Å². The van der Waals surface area contributed by atoms with Crippen molar-refractivity contribution in [2.75, 3.05) is 13.7 Å². The molecule has 0 unspecified atom stereocenters. The van der Waals surface area contributed by atoms with Crippen molar-refractivity contribution in [2.24, 2.45) is 5.92 Å². The minimum absolute atomic E-state index is 0.183. The van der Waals surface area contributed by atoms with Crippen molar-refractivity contribution in [1.29, 1.82) is 0 Å². The van der Waals surface area contributed by atoms with Crippen LogP contribution in [-0.4, -0.2) is 32.7 Å². The van der Waals surface area contributed by atoms with E-state index in [2.05, 4.69) is 33.9 Å². The van der Waals surface area contributed by atoms with Crippen molar-refractivity contribution in [1.82, 2.24) is 0 Å². The molecular formula is C13H26O3Si. The number of ether oxygens (including phenoxy) is 1. The molecule has 0 aromatic heterocycles. The largest absolute Gasteiger partial charge is 0.505 e. The van der Waals surface area contributed by atoms with Gasteiger partial charge in [-0.15, -0.1) is 0 Å². The molecule has 1 aliphatic carbocycles. The SMILES string of the molecule is CO/C=C/[C@]1(O[Si](C)(C)C(C)(C)C)C[C@@H]1CO. The highest BCUT2D eigenvalue weighted by Gasteiger charge is 2.57. The highest BCUT2D eigenvalue weighted by Crippen LogP contribution is 2.52. The number of rotatable bonds is 5. The molecule has 0 saturated heterocycles. The standard InChI is InChI=1S/C13H26O3Si/c1-12(2,3)17(5,6)16-13(7-8-15-4)9-11(13)10-14/h7-8,11,14H,9-10H2,1-6H3/b8-7+/t11-,13+/m1/s1. The van der Waals surface area contributed by atoms with Crippen LogP contribution in [-0.2, 0) is 9.16 Å². The number of hydrogen-bond donors (Lipinski definition) is 1. The summed E-state index contributed by atoms with van der Waals surface area (Å²) in [6.07, 6.45) is 4.53.